The summed E-state index contributed by atoms with van der Waals surface area (Å²) < 4.78 is 0.790. The fourth-order valence-electron chi connectivity index (χ4n) is 2.41. The highest BCUT2D eigenvalue weighted by atomic mass is 79.9. The Morgan fingerprint density at radius 1 is 1.28 bits per heavy atom. The van der Waals surface area contributed by atoms with Crippen molar-refractivity contribution in [1.29, 1.82) is 5.26 Å². The van der Waals surface area contributed by atoms with Crippen LogP contribution in [0.4, 0.5) is 5.69 Å². The molecular formula is C14H17BrN2O. The number of halogens is 1. The van der Waals surface area contributed by atoms with Crippen molar-refractivity contribution in [3.05, 3.63) is 28.2 Å². The van der Waals surface area contributed by atoms with Gasteiger partial charge in [0.1, 0.15) is 6.07 Å². The Kier molecular flexibility index (Phi) is 4.62. The van der Waals surface area contributed by atoms with Crippen LogP contribution in [0, 0.1) is 11.3 Å². The summed E-state index contributed by atoms with van der Waals surface area (Å²) in [6.45, 7) is 0. The second kappa shape index (κ2) is 6.21. The Morgan fingerprint density at radius 2 is 2.06 bits per heavy atom. The van der Waals surface area contributed by atoms with Crippen LogP contribution in [0.3, 0.4) is 0 Å². The molecule has 0 heterocycles. The number of anilines is 1. The quantitative estimate of drug-likeness (QED) is 0.823. The fourth-order valence-corrected chi connectivity index (χ4v) is 2.87. The summed E-state index contributed by atoms with van der Waals surface area (Å²) in [6, 6.07) is 7.89. The molecule has 0 aromatic heterocycles. The number of rotatable bonds is 2. The van der Waals surface area contributed by atoms with E-state index in [0.717, 1.165) is 35.8 Å². The average Bonchev–Trinajstić information content (AvgIpc) is 2.55. The number of benzene rings is 1. The van der Waals surface area contributed by atoms with Gasteiger partial charge >= 0.3 is 0 Å². The van der Waals surface area contributed by atoms with Crippen molar-refractivity contribution >= 4 is 21.6 Å². The van der Waals surface area contributed by atoms with Crippen molar-refractivity contribution < 1.29 is 5.11 Å². The summed E-state index contributed by atoms with van der Waals surface area (Å²) >= 11 is 3.38. The SMILES string of the molecule is N#Cc1c(Br)cccc1NC1CCCCCC1O. The second-order valence-corrected chi connectivity index (χ2v) is 5.58. The van der Waals surface area contributed by atoms with E-state index in [4.69, 9.17) is 5.26 Å². The predicted molar refractivity (Wildman–Crippen MR) is 75.4 cm³/mol. The number of nitrogens with one attached hydrogen (secondary N) is 1. The highest BCUT2D eigenvalue weighted by Gasteiger charge is 2.22. The summed E-state index contributed by atoms with van der Waals surface area (Å²) in [6.07, 6.45) is 4.87. The summed E-state index contributed by atoms with van der Waals surface area (Å²) in [5.74, 6) is 0. The minimum Gasteiger partial charge on any atom is -0.391 e. The molecule has 18 heavy (non-hydrogen) atoms. The van der Waals surface area contributed by atoms with Crippen LogP contribution < -0.4 is 5.32 Å². The van der Waals surface area contributed by atoms with Crippen molar-refractivity contribution in [2.45, 2.75) is 44.2 Å². The highest BCUT2D eigenvalue weighted by molar-refractivity contribution is 9.10. The van der Waals surface area contributed by atoms with Gasteiger partial charge in [0, 0.05) is 4.47 Å². The predicted octanol–water partition coefficient (Wildman–Crippen LogP) is 3.43. The van der Waals surface area contributed by atoms with Crippen molar-refractivity contribution in [2.24, 2.45) is 0 Å². The maximum atomic E-state index is 10.1. The van der Waals surface area contributed by atoms with Gasteiger partial charge in [-0.1, -0.05) is 25.3 Å². The van der Waals surface area contributed by atoms with Crippen LogP contribution in [-0.4, -0.2) is 17.3 Å². The molecular weight excluding hydrogens is 292 g/mol. The molecule has 4 heteroatoms. The first-order valence-electron chi connectivity index (χ1n) is 6.35. The molecule has 0 amide bonds. The first-order chi connectivity index (χ1) is 8.72. The molecule has 0 spiro atoms. The van der Waals surface area contributed by atoms with E-state index in [0.29, 0.717) is 5.56 Å². The van der Waals surface area contributed by atoms with Crippen LogP contribution in [0.25, 0.3) is 0 Å². The standard InChI is InChI=1S/C14H17BrN2O/c15-11-5-4-7-12(10(11)9-16)17-13-6-2-1-3-8-14(13)18/h4-5,7,13-14,17-18H,1-3,6,8H2. The average molecular weight is 309 g/mol. The lowest BCUT2D eigenvalue weighted by atomic mass is 10.0. The molecule has 2 N–H and O–H groups in total. The van der Waals surface area contributed by atoms with Crippen LogP contribution in [0.1, 0.15) is 37.7 Å². The minimum absolute atomic E-state index is 0.0499. The zero-order chi connectivity index (χ0) is 13.0. The summed E-state index contributed by atoms with van der Waals surface area (Å²) in [5.41, 5.74) is 1.41. The molecule has 0 saturated heterocycles. The van der Waals surface area contributed by atoms with Crippen molar-refractivity contribution in [3.8, 4) is 6.07 Å². The van der Waals surface area contributed by atoms with Gasteiger partial charge in [-0.3, -0.25) is 0 Å². The molecule has 2 rings (SSSR count). The molecule has 1 aromatic carbocycles. The summed E-state index contributed by atoms with van der Waals surface area (Å²) in [7, 11) is 0. The lowest BCUT2D eigenvalue weighted by molar-refractivity contribution is 0.144. The third kappa shape index (κ3) is 3.04. The van der Waals surface area contributed by atoms with E-state index in [1.54, 1.807) is 0 Å². The molecule has 0 aliphatic heterocycles. The van der Waals surface area contributed by atoms with Gasteiger partial charge < -0.3 is 10.4 Å². The third-order valence-corrected chi connectivity index (χ3v) is 4.11. The zero-order valence-corrected chi connectivity index (χ0v) is 11.8. The van der Waals surface area contributed by atoms with E-state index >= 15 is 0 Å². The van der Waals surface area contributed by atoms with Crippen LogP contribution in [-0.2, 0) is 0 Å². The molecule has 2 unspecified atom stereocenters. The number of hydrogen-bond donors (Lipinski definition) is 2. The molecule has 96 valence electrons. The summed E-state index contributed by atoms with van der Waals surface area (Å²) in [4.78, 5) is 0. The monoisotopic (exact) mass is 308 g/mol. The molecule has 3 nitrogen and oxygen atoms in total. The van der Waals surface area contributed by atoms with Crippen LogP contribution in [0.5, 0.6) is 0 Å². The number of aliphatic hydroxyl groups excluding tert-OH is 1. The van der Waals surface area contributed by atoms with Crippen LogP contribution >= 0.6 is 15.9 Å². The minimum atomic E-state index is -0.321. The van der Waals surface area contributed by atoms with Crippen molar-refractivity contribution in [2.75, 3.05) is 5.32 Å². The van der Waals surface area contributed by atoms with Crippen LogP contribution in [0.2, 0.25) is 0 Å². The lowest BCUT2D eigenvalue weighted by Gasteiger charge is -2.23. The molecule has 0 radical (unpaired) electrons. The van der Waals surface area contributed by atoms with Gasteiger partial charge in [-0.25, -0.2) is 0 Å². The highest BCUT2D eigenvalue weighted by Crippen LogP contribution is 2.27. The van der Waals surface area contributed by atoms with E-state index in [9.17, 15) is 5.11 Å². The Hall–Kier alpha value is -1.05. The third-order valence-electron chi connectivity index (χ3n) is 3.45. The van der Waals surface area contributed by atoms with Gasteiger partial charge in [-0.2, -0.15) is 5.26 Å². The normalized spacial score (nSPS) is 24.1. The van der Waals surface area contributed by atoms with E-state index in [1.165, 1.54) is 6.42 Å². The molecule has 1 aliphatic rings. The molecule has 1 aromatic rings. The number of hydrogen-bond acceptors (Lipinski definition) is 3. The maximum absolute atomic E-state index is 10.1. The first kappa shape index (κ1) is 13.4. The van der Waals surface area contributed by atoms with Crippen molar-refractivity contribution in [3.63, 3.8) is 0 Å². The van der Waals surface area contributed by atoms with E-state index in [1.807, 2.05) is 18.2 Å². The lowest BCUT2D eigenvalue weighted by Crippen LogP contribution is -2.32. The van der Waals surface area contributed by atoms with Gasteiger partial charge in [-0.15, -0.1) is 0 Å². The van der Waals surface area contributed by atoms with Gasteiger partial charge in [0.15, 0.2) is 0 Å². The molecule has 1 fully saturated rings. The number of aliphatic hydroxyl groups is 1. The fraction of sp³-hybridized carbons (Fsp3) is 0.500. The van der Waals surface area contributed by atoms with E-state index in [2.05, 4.69) is 27.3 Å². The van der Waals surface area contributed by atoms with Crippen LogP contribution in [0.15, 0.2) is 22.7 Å². The number of nitrogens with zero attached hydrogens (tertiary/aromatic N) is 1. The van der Waals surface area contributed by atoms with E-state index in [-0.39, 0.29) is 12.1 Å². The summed E-state index contributed by atoms with van der Waals surface area (Å²) in [5, 5.41) is 22.6. The van der Waals surface area contributed by atoms with Gasteiger partial charge in [0.25, 0.3) is 0 Å². The Labute approximate surface area is 116 Å². The van der Waals surface area contributed by atoms with E-state index < -0.39 is 0 Å². The zero-order valence-electron chi connectivity index (χ0n) is 10.2. The molecule has 2 atom stereocenters. The van der Waals surface area contributed by atoms with Crippen molar-refractivity contribution in [1.82, 2.24) is 0 Å². The Morgan fingerprint density at radius 3 is 2.83 bits per heavy atom. The molecule has 0 bridgehead atoms. The first-order valence-corrected chi connectivity index (χ1v) is 7.15. The Balaban J connectivity index is 2.18. The van der Waals surface area contributed by atoms with Gasteiger partial charge in [-0.05, 0) is 40.9 Å². The smallest absolute Gasteiger partial charge is 0.103 e. The second-order valence-electron chi connectivity index (χ2n) is 4.73. The maximum Gasteiger partial charge on any atom is 0.103 e. The van der Waals surface area contributed by atoms with Gasteiger partial charge in [0.05, 0.1) is 23.4 Å². The largest absolute Gasteiger partial charge is 0.391 e. The van der Waals surface area contributed by atoms with Gasteiger partial charge in [0.2, 0.25) is 0 Å². The topological polar surface area (TPSA) is 56.0 Å². The Bertz CT molecular complexity index is 456. The molecule has 1 aliphatic carbocycles. The number of nitriles is 1. The molecule has 1 saturated carbocycles.